The third-order valence-corrected chi connectivity index (χ3v) is 5.40. The Morgan fingerprint density at radius 1 is 0.900 bits per heavy atom. The first-order valence-electron chi connectivity index (χ1n) is 9.79. The lowest BCUT2D eigenvalue weighted by atomic mass is 10.0. The molecule has 0 bridgehead atoms. The predicted molar refractivity (Wildman–Crippen MR) is 111 cm³/mol. The standard InChI is InChI=1S/C22H25N3O5/c1-14(27)23-18-7-3-16(4-8-18)20-25-21(30-13-22(25,11-26)12-29-20)17-5-9-19(10-6-17)24-15(2)28/h3-10,20-21,26H,11-13H2,1-2H3,(H,23,27)(H,24,28). The van der Waals surface area contributed by atoms with Gasteiger partial charge in [0, 0.05) is 25.2 Å². The van der Waals surface area contributed by atoms with E-state index in [0.717, 1.165) is 11.1 Å². The summed E-state index contributed by atoms with van der Waals surface area (Å²) in [6.45, 7) is 3.54. The SMILES string of the molecule is CC(=O)Nc1ccc(C2OCC3(CO)COC(c4ccc(NC(C)=O)cc4)N23)cc1. The Bertz CT molecular complexity index is 857. The summed E-state index contributed by atoms with van der Waals surface area (Å²) in [5, 5.41) is 15.7. The fourth-order valence-corrected chi connectivity index (χ4v) is 4.00. The summed E-state index contributed by atoms with van der Waals surface area (Å²) in [7, 11) is 0. The maximum Gasteiger partial charge on any atom is 0.221 e. The number of ether oxygens (including phenoxy) is 2. The number of nitrogens with one attached hydrogen (secondary N) is 2. The molecule has 0 spiro atoms. The van der Waals surface area contributed by atoms with Gasteiger partial charge in [-0.3, -0.25) is 9.59 Å². The minimum atomic E-state index is -0.623. The van der Waals surface area contributed by atoms with E-state index in [4.69, 9.17) is 9.47 Å². The van der Waals surface area contributed by atoms with Gasteiger partial charge in [0.05, 0.1) is 25.4 Å². The van der Waals surface area contributed by atoms with Crippen molar-refractivity contribution in [2.24, 2.45) is 0 Å². The van der Waals surface area contributed by atoms with Crippen LogP contribution in [0.2, 0.25) is 0 Å². The van der Waals surface area contributed by atoms with E-state index in [-0.39, 0.29) is 18.4 Å². The molecule has 0 saturated carbocycles. The van der Waals surface area contributed by atoms with E-state index in [1.54, 1.807) is 0 Å². The number of amides is 2. The van der Waals surface area contributed by atoms with Crippen molar-refractivity contribution in [2.45, 2.75) is 31.8 Å². The lowest BCUT2D eigenvalue weighted by molar-refractivity contribution is -0.115. The summed E-state index contributed by atoms with van der Waals surface area (Å²) in [6.07, 6.45) is -0.794. The van der Waals surface area contributed by atoms with Crippen LogP contribution in [0.15, 0.2) is 48.5 Å². The largest absolute Gasteiger partial charge is 0.394 e. The van der Waals surface area contributed by atoms with E-state index in [1.165, 1.54) is 13.8 Å². The van der Waals surface area contributed by atoms with Crippen LogP contribution in [0, 0.1) is 0 Å². The molecule has 2 atom stereocenters. The first-order chi connectivity index (χ1) is 14.4. The van der Waals surface area contributed by atoms with Gasteiger partial charge in [0.25, 0.3) is 0 Å². The fourth-order valence-electron chi connectivity index (χ4n) is 4.00. The lowest BCUT2D eigenvalue weighted by Crippen LogP contribution is -2.47. The fraction of sp³-hybridized carbons (Fsp3) is 0.364. The molecule has 3 N–H and O–H groups in total. The molecule has 4 rings (SSSR count). The van der Waals surface area contributed by atoms with Gasteiger partial charge >= 0.3 is 0 Å². The minimum Gasteiger partial charge on any atom is -0.394 e. The number of nitrogens with zero attached hydrogens (tertiary/aromatic N) is 1. The van der Waals surface area contributed by atoms with Gasteiger partial charge in [0.15, 0.2) is 0 Å². The molecule has 158 valence electrons. The number of aliphatic hydroxyl groups is 1. The van der Waals surface area contributed by atoms with Gasteiger partial charge in [-0.2, -0.15) is 0 Å². The predicted octanol–water partition coefficient (Wildman–Crippen LogP) is 2.39. The molecule has 2 amide bonds. The molecule has 2 saturated heterocycles. The van der Waals surface area contributed by atoms with Crippen LogP contribution in [0.4, 0.5) is 11.4 Å². The molecule has 8 nitrogen and oxygen atoms in total. The number of hydrogen-bond acceptors (Lipinski definition) is 6. The molecule has 0 aromatic heterocycles. The van der Waals surface area contributed by atoms with Gasteiger partial charge in [-0.05, 0) is 35.4 Å². The van der Waals surface area contributed by atoms with Crippen molar-refractivity contribution in [3.63, 3.8) is 0 Å². The second kappa shape index (κ2) is 8.16. The van der Waals surface area contributed by atoms with Crippen molar-refractivity contribution < 1.29 is 24.2 Å². The Labute approximate surface area is 174 Å². The number of carbonyl (C=O) groups is 2. The van der Waals surface area contributed by atoms with Gasteiger partial charge in [-0.15, -0.1) is 0 Å². The van der Waals surface area contributed by atoms with Gasteiger partial charge in [-0.1, -0.05) is 24.3 Å². The van der Waals surface area contributed by atoms with Crippen LogP contribution in [-0.2, 0) is 19.1 Å². The highest BCUT2D eigenvalue weighted by molar-refractivity contribution is 5.89. The molecule has 2 aliphatic heterocycles. The Balaban J connectivity index is 1.61. The molecule has 0 aliphatic carbocycles. The van der Waals surface area contributed by atoms with Gasteiger partial charge < -0.3 is 25.2 Å². The summed E-state index contributed by atoms with van der Waals surface area (Å²) in [4.78, 5) is 24.6. The Morgan fingerprint density at radius 3 is 1.63 bits per heavy atom. The third kappa shape index (κ3) is 3.82. The van der Waals surface area contributed by atoms with E-state index in [9.17, 15) is 14.7 Å². The van der Waals surface area contributed by atoms with Crippen LogP contribution in [0.5, 0.6) is 0 Å². The smallest absolute Gasteiger partial charge is 0.221 e. The number of anilines is 2. The highest BCUT2D eigenvalue weighted by Crippen LogP contribution is 2.48. The number of fused-ring (bicyclic) bond motifs is 1. The van der Waals surface area contributed by atoms with Crippen molar-refractivity contribution in [3.8, 4) is 0 Å². The molecular weight excluding hydrogens is 386 g/mol. The molecule has 30 heavy (non-hydrogen) atoms. The first kappa shape index (κ1) is 20.5. The molecular formula is C22H25N3O5. The highest BCUT2D eigenvalue weighted by Gasteiger charge is 2.56. The Kier molecular flexibility index (Phi) is 5.57. The summed E-state index contributed by atoms with van der Waals surface area (Å²) in [6, 6.07) is 14.9. The second-order valence-corrected chi connectivity index (χ2v) is 7.72. The topological polar surface area (TPSA) is 100 Å². The van der Waals surface area contributed by atoms with Crippen molar-refractivity contribution in [1.29, 1.82) is 0 Å². The summed E-state index contributed by atoms with van der Waals surface area (Å²) in [5.41, 5.74) is 2.61. The summed E-state index contributed by atoms with van der Waals surface area (Å²) >= 11 is 0. The molecule has 2 fully saturated rings. The van der Waals surface area contributed by atoms with E-state index in [1.807, 2.05) is 48.5 Å². The minimum absolute atomic E-state index is 0.0893. The lowest BCUT2D eigenvalue weighted by Gasteiger charge is -2.33. The van der Waals surface area contributed by atoms with E-state index < -0.39 is 18.0 Å². The number of aliphatic hydroxyl groups excluding tert-OH is 1. The van der Waals surface area contributed by atoms with E-state index >= 15 is 0 Å². The average Bonchev–Trinajstić information content (AvgIpc) is 3.26. The summed E-state index contributed by atoms with van der Waals surface area (Å²) in [5.74, 6) is -0.259. The third-order valence-electron chi connectivity index (χ3n) is 5.40. The monoisotopic (exact) mass is 411 g/mol. The van der Waals surface area contributed by atoms with Crippen LogP contribution in [0.3, 0.4) is 0 Å². The molecule has 2 aromatic carbocycles. The van der Waals surface area contributed by atoms with E-state index in [2.05, 4.69) is 15.5 Å². The second-order valence-electron chi connectivity index (χ2n) is 7.72. The Hall–Kier alpha value is -2.78. The molecule has 2 aliphatic rings. The van der Waals surface area contributed by atoms with Gasteiger partial charge in [-0.25, -0.2) is 4.90 Å². The van der Waals surface area contributed by atoms with Crippen molar-refractivity contribution in [1.82, 2.24) is 4.90 Å². The molecule has 0 radical (unpaired) electrons. The molecule has 2 aromatic rings. The van der Waals surface area contributed by atoms with Crippen molar-refractivity contribution in [2.75, 3.05) is 30.5 Å². The van der Waals surface area contributed by atoms with Crippen LogP contribution in [0.1, 0.15) is 37.4 Å². The number of carbonyl (C=O) groups excluding carboxylic acids is 2. The quantitative estimate of drug-likeness (QED) is 0.699. The highest BCUT2D eigenvalue weighted by atomic mass is 16.6. The molecule has 2 heterocycles. The van der Waals surface area contributed by atoms with Crippen LogP contribution < -0.4 is 10.6 Å². The zero-order chi connectivity index (χ0) is 21.3. The van der Waals surface area contributed by atoms with Crippen LogP contribution in [0.25, 0.3) is 0 Å². The van der Waals surface area contributed by atoms with Gasteiger partial charge in [0.2, 0.25) is 11.8 Å². The average molecular weight is 411 g/mol. The summed E-state index contributed by atoms with van der Waals surface area (Å²) < 4.78 is 12.2. The number of rotatable bonds is 5. The number of hydrogen-bond donors (Lipinski definition) is 3. The normalized spacial score (nSPS) is 25.7. The van der Waals surface area contributed by atoms with Gasteiger partial charge in [0.1, 0.15) is 12.5 Å². The van der Waals surface area contributed by atoms with Crippen molar-refractivity contribution in [3.05, 3.63) is 59.7 Å². The zero-order valence-corrected chi connectivity index (χ0v) is 16.9. The molecule has 2 unspecified atom stereocenters. The van der Waals surface area contributed by atoms with Crippen LogP contribution >= 0.6 is 0 Å². The zero-order valence-electron chi connectivity index (χ0n) is 16.9. The maximum atomic E-state index is 11.3. The molecule has 8 heteroatoms. The number of benzene rings is 2. The Morgan fingerprint density at radius 2 is 1.30 bits per heavy atom. The van der Waals surface area contributed by atoms with Crippen molar-refractivity contribution >= 4 is 23.2 Å². The first-order valence-corrected chi connectivity index (χ1v) is 9.79. The maximum absolute atomic E-state index is 11.3. The van der Waals surface area contributed by atoms with E-state index in [0.29, 0.717) is 24.6 Å². The van der Waals surface area contributed by atoms with Crippen LogP contribution in [-0.4, -0.2) is 47.2 Å².